The van der Waals surface area contributed by atoms with Crippen LogP contribution in [-0.2, 0) is 14.6 Å². The number of sulfone groups is 1. The van der Waals surface area contributed by atoms with Gasteiger partial charge in [-0.2, -0.15) is 0 Å². The number of hydrogen-bond donors (Lipinski definition) is 2. The van der Waals surface area contributed by atoms with Gasteiger partial charge in [0.15, 0.2) is 9.84 Å². The molecule has 0 aromatic carbocycles. The van der Waals surface area contributed by atoms with Crippen LogP contribution in [0.2, 0.25) is 0 Å². The Hall–Kier alpha value is -0.620. The lowest BCUT2D eigenvalue weighted by Gasteiger charge is -2.28. The van der Waals surface area contributed by atoms with E-state index in [4.69, 9.17) is 5.73 Å². The first-order valence-corrected chi connectivity index (χ1v) is 8.30. The highest BCUT2D eigenvalue weighted by Crippen LogP contribution is 2.28. The predicted molar refractivity (Wildman–Crippen MR) is 71.9 cm³/mol. The van der Waals surface area contributed by atoms with Crippen molar-refractivity contribution in [1.29, 1.82) is 0 Å². The molecule has 6 heteroatoms. The van der Waals surface area contributed by atoms with Crippen LogP contribution in [0.1, 0.15) is 39.5 Å². The van der Waals surface area contributed by atoms with Crippen molar-refractivity contribution in [1.82, 2.24) is 5.32 Å². The molecular weight excluding hydrogens is 252 g/mol. The average Bonchev–Trinajstić information content (AvgIpc) is 2.76. The van der Waals surface area contributed by atoms with Gasteiger partial charge in [-0.05, 0) is 32.6 Å². The van der Waals surface area contributed by atoms with Crippen molar-refractivity contribution in [3.63, 3.8) is 0 Å². The van der Waals surface area contributed by atoms with Gasteiger partial charge in [-0.15, -0.1) is 0 Å². The first-order chi connectivity index (χ1) is 8.20. The Morgan fingerprint density at radius 3 is 2.28 bits per heavy atom. The summed E-state index contributed by atoms with van der Waals surface area (Å²) >= 11 is 0. The summed E-state index contributed by atoms with van der Waals surface area (Å²) in [7, 11) is -3.43. The van der Waals surface area contributed by atoms with Crippen molar-refractivity contribution >= 4 is 15.7 Å². The summed E-state index contributed by atoms with van der Waals surface area (Å²) in [4.78, 5) is 12.1. The fourth-order valence-corrected chi connectivity index (χ4v) is 2.64. The Morgan fingerprint density at radius 1 is 1.39 bits per heavy atom. The van der Waals surface area contributed by atoms with Crippen LogP contribution in [0.3, 0.4) is 0 Å². The highest BCUT2D eigenvalue weighted by molar-refractivity contribution is 7.92. The Kier molecular flexibility index (Phi) is 4.78. The van der Waals surface area contributed by atoms with Crippen molar-refractivity contribution in [3.8, 4) is 0 Å². The van der Waals surface area contributed by atoms with Crippen LogP contribution in [-0.4, -0.2) is 37.9 Å². The standard InChI is InChI=1S/C12H24N2O3S/c1-12(2,18(3,16)17)11(15)14-10(8-13)9-6-4-5-7-9/h9-10H,4-8,13H2,1-3H3,(H,14,15). The third-order valence-corrected chi connectivity index (χ3v) is 6.05. The maximum atomic E-state index is 12.1. The van der Waals surface area contributed by atoms with Crippen molar-refractivity contribution in [2.75, 3.05) is 12.8 Å². The molecule has 0 aliphatic heterocycles. The van der Waals surface area contributed by atoms with E-state index in [9.17, 15) is 13.2 Å². The van der Waals surface area contributed by atoms with Crippen LogP contribution >= 0.6 is 0 Å². The number of rotatable bonds is 5. The molecule has 0 heterocycles. The molecule has 0 aromatic rings. The van der Waals surface area contributed by atoms with Gasteiger partial charge in [-0.25, -0.2) is 8.42 Å². The molecule has 1 amide bonds. The summed E-state index contributed by atoms with van der Waals surface area (Å²) < 4.78 is 21.8. The molecule has 106 valence electrons. The number of carbonyl (C=O) groups is 1. The molecule has 0 aromatic heterocycles. The smallest absolute Gasteiger partial charge is 0.241 e. The van der Waals surface area contributed by atoms with E-state index in [1.165, 1.54) is 13.8 Å². The molecule has 1 aliphatic rings. The maximum Gasteiger partial charge on any atom is 0.241 e. The number of nitrogens with one attached hydrogen (secondary N) is 1. The molecule has 0 spiro atoms. The highest BCUT2D eigenvalue weighted by atomic mass is 32.2. The second kappa shape index (κ2) is 5.57. The number of amides is 1. The number of nitrogens with two attached hydrogens (primary N) is 1. The quantitative estimate of drug-likeness (QED) is 0.762. The van der Waals surface area contributed by atoms with Crippen LogP contribution in [0.4, 0.5) is 0 Å². The van der Waals surface area contributed by atoms with Crippen LogP contribution in [0.15, 0.2) is 0 Å². The van der Waals surface area contributed by atoms with E-state index in [0.29, 0.717) is 12.5 Å². The summed E-state index contributed by atoms with van der Waals surface area (Å²) in [6.07, 6.45) is 5.52. The fraction of sp³-hybridized carbons (Fsp3) is 0.917. The van der Waals surface area contributed by atoms with E-state index in [1.54, 1.807) is 0 Å². The first-order valence-electron chi connectivity index (χ1n) is 6.40. The van der Waals surface area contributed by atoms with Crippen molar-refractivity contribution < 1.29 is 13.2 Å². The van der Waals surface area contributed by atoms with Crippen molar-refractivity contribution in [2.45, 2.75) is 50.3 Å². The second-order valence-electron chi connectivity index (χ2n) is 5.64. The van der Waals surface area contributed by atoms with Gasteiger partial charge in [0.2, 0.25) is 5.91 Å². The molecule has 1 aliphatic carbocycles. The minimum atomic E-state index is -3.43. The lowest BCUT2D eigenvalue weighted by molar-refractivity contribution is -0.123. The summed E-state index contributed by atoms with van der Waals surface area (Å²) in [5.74, 6) is -0.0679. The molecule has 1 rings (SSSR count). The summed E-state index contributed by atoms with van der Waals surface area (Å²) in [5.41, 5.74) is 5.69. The van der Waals surface area contributed by atoms with Gasteiger partial charge in [-0.3, -0.25) is 4.79 Å². The lowest BCUT2D eigenvalue weighted by atomic mass is 9.97. The van der Waals surface area contributed by atoms with Crippen molar-refractivity contribution in [2.24, 2.45) is 11.7 Å². The predicted octanol–water partition coefficient (Wildman–Crippen LogP) is 0.443. The van der Waals surface area contributed by atoms with Gasteiger partial charge >= 0.3 is 0 Å². The van der Waals surface area contributed by atoms with Gasteiger partial charge in [-0.1, -0.05) is 12.8 Å². The molecule has 0 saturated heterocycles. The van der Waals surface area contributed by atoms with Gasteiger partial charge in [0, 0.05) is 18.8 Å². The molecule has 1 saturated carbocycles. The lowest BCUT2D eigenvalue weighted by Crippen LogP contribution is -2.54. The van der Waals surface area contributed by atoms with E-state index in [2.05, 4.69) is 5.32 Å². The van der Waals surface area contributed by atoms with Crippen molar-refractivity contribution in [3.05, 3.63) is 0 Å². The third-order valence-electron chi connectivity index (χ3n) is 4.01. The molecule has 1 unspecified atom stereocenters. The Labute approximate surface area is 109 Å². The molecule has 0 radical (unpaired) electrons. The van der Waals surface area contributed by atoms with E-state index in [0.717, 1.165) is 31.9 Å². The Balaban J connectivity index is 2.73. The van der Waals surface area contributed by atoms with E-state index < -0.39 is 20.5 Å². The zero-order chi connectivity index (χ0) is 14.0. The molecule has 18 heavy (non-hydrogen) atoms. The number of hydrogen-bond acceptors (Lipinski definition) is 4. The normalized spacial score (nSPS) is 19.8. The Bertz CT molecular complexity index is 398. The van der Waals surface area contributed by atoms with Gasteiger partial charge < -0.3 is 11.1 Å². The fourth-order valence-electron chi connectivity index (χ4n) is 2.24. The second-order valence-corrected chi connectivity index (χ2v) is 8.21. The minimum absolute atomic E-state index is 0.110. The zero-order valence-corrected chi connectivity index (χ0v) is 12.2. The van der Waals surface area contributed by atoms with E-state index in [-0.39, 0.29) is 6.04 Å². The molecule has 0 bridgehead atoms. The molecular formula is C12H24N2O3S. The van der Waals surface area contributed by atoms with E-state index >= 15 is 0 Å². The maximum absolute atomic E-state index is 12.1. The third kappa shape index (κ3) is 3.23. The summed E-state index contributed by atoms with van der Waals surface area (Å²) in [6.45, 7) is 3.22. The largest absolute Gasteiger partial charge is 0.350 e. The topological polar surface area (TPSA) is 89.3 Å². The Morgan fingerprint density at radius 2 is 1.89 bits per heavy atom. The molecule has 1 fully saturated rings. The minimum Gasteiger partial charge on any atom is -0.350 e. The molecule has 5 nitrogen and oxygen atoms in total. The first kappa shape index (κ1) is 15.4. The summed E-state index contributed by atoms with van der Waals surface area (Å²) in [5, 5.41) is 2.81. The SMILES string of the molecule is CC(C)(C(=O)NC(CN)C1CCCC1)S(C)(=O)=O. The van der Waals surface area contributed by atoms with Gasteiger partial charge in [0.25, 0.3) is 0 Å². The van der Waals surface area contributed by atoms with Crippen LogP contribution in [0.25, 0.3) is 0 Å². The van der Waals surface area contributed by atoms with E-state index in [1.807, 2.05) is 0 Å². The average molecular weight is 276 g/mol. The monoisotopic (exact) mass is 276 g/mol. The van der Waals surface area contributed by atoms with Gasteiger partial charge in [0.05, 0.1) is 0 Å². The highest BCUT2D eigenvalue weighted by Gasteiger charge is 2.40. The van der Waals surface area contributed by atoms with Crippen LogP contribution in [0.5, 0.6) is 0 Å². The van der Waals surface area contributed by atoms with Gasteiger partial charge in [0.1, 0.15) is 4.75 Å². The molecule has 3 N–H and O–H groups in total. The zero-order valence-electron chi connectivity index (χ0n) is 11.4. The molecule has 1 atom stereocenters. The summed E-state index contributed by atoms with van der Waals surface area (Å²) in [6, 6.07) is -0.110. The van der Waals surface area contributed by atoms with Crippen LogP contribution in [0, 0.1) is 5.92 Å². The van der Waals surface area contributed by atoms with Crippen LogP contribution < -0.4 is 11.1 Å². The number of carbonyl (C=O) groups excluding carboxylic acids is 1.